The molecule has 112 valence electrons. The average Bonchev–Trinajstić information content (AvgIpc) is 2.89. The van der Waals surface area contributed by atoms with Crippen LogP contribution in [-0.4, -0.2) is 61.4 Å². The fourth-order valence-corrected chi connectivity index (χ4v) is 2.97. The lowest BCUT2D eigenvalue weighted by Gasteiger charge is -2.28. The van der Waals surface area contributed by atoms with E-state index in [1.54, 1.807) is 19.1 Å². The third kappa shape index (κ3) is 2.86. The highest BCUT2D eigenvalue weighted by Crippen LogP contribution is 2.29. The van der Waals surface area contributed by atoms with Crippen LogP contribution < -0.4 is 0 Å². The van der Waals surface area contributed by atoms with E-state index in [2.05, 4.69) is 0 Å². The monoisotopic (exact) mass is 283 g/mol. The van der Waals surface area contributed by atoms with Gasteiger partial charge >= 0.3 is 5.97 Å². The van der Waals surface area contributed by atoms with Gasteiger partial charge < -0.3 is 19.5 Å². The Labute approximate surface area is 118 Å². The number of carbonyl (C=O) groups is 2. The second kappa shape index (κ2) is 6.37. The largest absolute Gasteiger partial charge is 0.481 e. The minimum atomic E-state index is -0.904. The molecule has 4 atom stereocenters. The lowest BCUT2D eigenvalue weighted by Crippen LogP contribution is -2.41. The van der Waals surface area contributed by atoms with Gasteiger partial charge in [-0.2, -0.15) is 0 Å². The van der Waals surface area contributed by atoms with Crippen LogP contribution in [0.5, 0.6) is 0 Å². The molecule has 0 aromatic rings. The number of likely N-dealkylation sites (tertiary alicyclic amines) is 1. The maximum Gasteiger partial charge on any atom is 0.307 e. The minimum absolute atomic E-state index is 0.108. The van der Waals surface area contributed by atoms with Crippen molar-refractivity contribution in [2.24, 2.45) is 11.8 Å². The van der Waals surface area contributed by atoms with Gasteiger partial charge in [0.25, 0.3) is 0 Å². The van der Waals surface area contributed by atoms with Gasteiger partial charge in [-0.1, -0.05) is 12.2 Å². The Morgan fingerprint density at radius 2 is 1.55 bits per heavy atom. The summed E-state index contributed by atoms with van der Waals surface area (Å²) < 4.78 is 10.6. The molecule has 6 nitrogen and oxygen atoms in total. The molecule has 0 radical (unpaired) electrons. The lowest BCUT2D eigenvalue weighted by atomic mass is 9.82. The molecule has 0 bridgehead atoms. The topological polar surface area (TPSA) is 76.1 Å². The van der Waals surface area contributed by atoms with E-state index in [1.807, 2.05) is 12.2 Å². The number of carbonyl (C=O) groups excluding carboxylic acids is 1. The number of allylic oxidation sites excluding steroid dienone is 2. The average molecular weight is 283 g/mol. The van der Waals surface area contributed by atoms with Crippen molar-refractivity contribution in [3.05, 3.63) is 12.2 Å². The molecule has 1 N–H and O–H groups in total. The van der Waals surface area contributed by atoms with Crippen molar-refractivity contribution in [3.63, 3.8) is 0 Å². The zero-order valence-corrected chi connectivity index (χ0v) is 11.8. The third-order valence-corrected chi connectivity index (χ3v) is 4.20. The summed E-state index contributed by atoms with van der Waals surface area (Å²) in [6.07, 6.45) is 4.34. The number of carboxylic acid groups (broad SMARTS) is 1. The van der Waals surface area contributed by atoms with Crippen LogP contribution in [0, 0.1) is 11.8 Å². The molecule has 2 rings (SSSR count). The maximum absolute atomic E-state index is 12.6. The Hall–Kier alpha value is -1.40. The van der Waals surface area contributed by atoms with Crippen molar-refractivity contribution in [3.8, 4) is 0 Å². The second-order valence-electron chi connectivity index (χ2n) is 5.29. The summed E-state index contributed by atoms with van der Waals surface area (Å²) in [4.78, 5) is 25.5. The van der Waals surface area contributed by atoms with Gasteiger partial charge in [0, 0.05) is 27.3 Å². The highest BCUT2D eigenvalue weighted by atomic mass is 16.5. The van der Waals surface area contributed by atoms with E-state index in [-0.39, 0.29) is 18.1 Å². The smallest absolute Gasteiger partial charge is 0.307 e. The molecule has 0 aromatic heterocycles. The summed E-state index contributed by atoms with van der Waals surface area (Å²) in [7, 11) is 3.18. The van der Waals surface area contributed by atoms with Crippen molar-refractivity contribution >= 4 is 11.9 Å². The molecular weight excluding hydrogens is 262 g/mol. The third-order valence-electron chi connectivity index (χ3n) is 4.20. The number of hydrogen-bond acceptors (Lipinski definition) is 4. The summed E-state index contributed by atoms with van der Waals surface area (Å²) in [5.41, 5.74) is 0. The molecule has 2 unspecified atom stereocenters. The first-order chi connectivity index (χ1) is 9.58. The van der Waals surface area contributed by atoms with Gasteiger partial charge in [-0.25, -0.2) is 0 Å². The fraction of sp³-hybridized carbons (Fsp3) is 0.714. The van der Waals surface area contributed by atoms with Crippen molar-refractivity contribution in [2.45, 2.75) is 25.0 Å². The molecule has 1 fully saturated rings. The summed E-state index contributed by atoms with van der Waals surface area (Å²) in [5, 5.41) is 9.24. The van der Waals surface area contributed by atoms with Crippen LogP contribution >= 0.6 is 0 Å². The Balaban J connectivity index is 2.07. The highest BCUT2D eigenvalue weighted by Gasteiger charge is 2.41. The molecule has 1 amide bonds. The first-order valence-corrected chi connectivity index (χ1v) is 6.80. The normalized spacial score (nSPS) is 33.4. The minimum Gasteiger partial charge on any atom is -0.481 e. The molecule has 1 saturated heterocycles. The molecule has 20 heavy (non-hydrogen) atoms. The van der Waals surface area contributed by atoms with Crippen LogP contribution in [0.4, 0.5) is 0 Å². The van der Waals surface area contributed by atoms with E-state index in [4.69, 9.17) is 9.47 Å². The Morgan fingerprint density at radius 3 is 2.00 bits per heavy atom. The molecular formula is C14H21NO5. The fourth-order valence-electron chi connectivity index (χ4n) is 2.97. The van der Waals surface area contributed by atoms with Gasteiger partial charge in [-0.15, -0.1) is 0 Å². The van der Waals surface area contributed by atoms with Gasteiger partial charge in [-0.3, -0.25) is 9.59 Å². The SMILES string of the molecule is COC1CN(C(=O)[C@@H]2CC=CC[C@@H]2C(=O)O)CC1OC. The number of ether oxygens (including phenoxy) is 2. The molecule has 0 saturated carbocycles. The number of hydrogen-bond donors (Lipinski definition) is 1. The van der Waals surface area contributed by atoms with Gasteiger partial charge in [-0.05, 0) is 12.8 Å². The van der Waals surface area contributed by atoms with Crippen LogP contribution in [-0.2, 0) is 19.1 Å². The van der Waals surface area contributed by atoms with E-state index in [1.165, 1.54) is 0 Å². The van der Waals surface area contributed by atoms with Crippen molar-refractivity contribution in [1.82, 2.24) is 4.90 Å². The number of carboxylic acids is 1. The van der Waals surface area contributed by atoms with Crippen LogP contribution in [0.1, 0.15) is 12.8 Å². The van der Waals surface area contributed by atoms with Gasteiger partial charge in [0.15, 0.2) is 0 Å². The molecule has 6 heteroatoms. The van der Waals surface area contributed by atoms with Crippen molar-refractivity contribution in [2.75, 3.05) is 27.3 Å². The first-order valence-electron chi connectivity index (χ1n) is 6.80. The standard InChI is InChI=1S/C14H21NO5/c1-19-11-7-15(8-12(11)20-2)13(16)9-5-3-4-6-10(9)14(17)18/h3-4,9-12H,5-8H2,1-2H3,(H,17,18)/t9-,10+,11?,12?/m1/s1. The lowest BCUT2D eigenvalue weighted by molar-refractivity contribution is -0.150. The molecule has 2 aliphatic rings. The van der Waals surface area contributed by atoms with E-state index in [0.717, 1.165) is 0 Å². The molecule has 0 aromatic carbocycles. The van der Waals surface area contributed by atoms with Crippen LogP contribution in [0.3, 0.4) is 0 Å². The van der Waals surface area contributed by atoms with Crippen LogP contribution in [0.15, 0.2) is 12.2 Å². The summed E-state index contributed by atoms with van der Waals surface area (Å²) >= 11 is 0. The van der Waals surface area contributed by atoms with E-state index in [0.29, 0.717) is 25.9 Å². The molecule has 1 aliphatic carbocycles. The second-order valence-corrected chi connectivity index (χ2v) is 5.29. The number of methoxy groups -OCH3 is 2. The van der Waals surface area contributed by atoms with Gasteiger partial charge in [0.1, 0.15) is 12.2 Å². The molecule has 1 heterocycles. The summed E-state index contributed by atoms with van der Waals surface area (Å²) in [6.45, 7) is 0.917. The van der Waals surface area contributed by atoms with E-state index < -0.39 is 17.8 Å². The van der Waals surface area contributed by atoms with E-state index in [9.17, 15) is 14.7 Å². The summed E-state index contributed by atoms with van der Waals surface area (Å²) in [6, 6.07) is 0. The quantitative estimate of drug-likeness (QED) is 0.761. The Kier molecular flexibility index (Phi) is 4.77. The van der Waals surface area contributed by atoms with Gasteiger partial charge in [0.05, 0.1) is 11.8 Å². The maximum atomic E-state index is 12.6. The zero-order valence-electron chi connectivity index (χ0n) is 11.8. The number of nitrogens with zero attached hydrogens (tertiary/aromatic N) is 1. The number of rotatable bonds is 4. The zero-order chi connectivity index (χ0) is 14.7. The predicted octanol–water partition coefficient (Wildman–Crippen LogP) is 0.526. The van der Waals surface area contributed by atoms with Crippen LogP contribution in [0.25, 0.3) is 0 Å². The predicted molar refractivity (Wildman–Crippen MR) is 71.2 cm³/mol. The van der Waals surface area contributed by atoms with E-state index >= 15 is 0 Å². The van der Waals surface area contributed by atoms with Crippen LogP contribution in [0.2, 0.25) is 0 Å². The van der Waals surface area contributed by atoms with Gasteiger partial charge in [0.2, 0.25) is 5.91 Å². The van der Waals surface area contributed by atoms with Crippen molar-refractivity contribution in [1.29, 1.82) is 0 Å². The van der Waals surface area contributed by atoms with Crippen molar-refractivity contribution < 1.29 is 24.2 Å². The first kappa shape index (κ1) is 15.0. The number of amides is 1. The highest BCUT2D eigenvalue weighted by molar-refractivity contribution is 5.85. The number of aliphatic carboxylic acids is 1. The Morgan fingerprint density at radius 1 is 1.05 bits per heavy atom. The molecule has 0 spiro atoms. The molecule has 1 aliphatic heterocycles. The summed E-state index contributed by atoms with van der Waals surface area (Å²) in [5.74, 6) is -2.12. The Bertz CT molecular complexity index is 396.